The van der Waals surface area contributed by atoms with Gasteiger partial charge in [0.25, 0.3) is 0 Å². The minimum Gasteiger partial charge on any atom is -0.381 e. The summed E-state index contributed by atoms with van der Waals surface area (Å²) in [4.78, 5) is 11.8. The van der Waals surface area contributed by atoms with E-state index in [0.717, 1.165) is 30.9 Å². The third kappa shape index (κ3) is 4.32. The van der Waals surface area contributed by atoms with Crippen molar-refractivity contribution in [1.82, 2.24) is 15.8 Å². The molecular formula is C17H21N3O3. The van der Waals surface area contributed by atoms with E-state index in [4.69, 9.17) is 9.26 Å². The fourth-order valence-corrected chi connectivity index (χ4v) is 2.47. The molecule has 23 heavy (non-hydrogen) atoms. The molecule has 2 heterocycles. The van der Waals surface area contributed by atoms with Crippen LogP contribution in [0.3, 0.4) is 0 Å². The van der Waals surface area contributed by atoms with Crippen LogP contribution in [-0.4, -0.2) is 30.9 Å². The van der Waals surface area contributed by atoms with E-state index in [9.17, 15) is 4.79 Å². The maximum absolute atomic E-state index is 11.8. The van der Waals surface area contributed by atoms with Gasteiger partial charge < -0.3 is 19.9 Å². The Bertz CT molecular complexity index is 645. The second kappa shape index (κ2) is 7.28. The Balaban J connectivity index is 1.47. The molecule has 6 heteroatoms. The number of aromatic nitrogens is 1. The maximum atomic E-state index is 11.8. The van der Waals surface area contributed by atoms with E-state index in [2.05, 4.69) is 15.8 Å². The number of nitrogens with zero attached hydrogens (tertiary/aromatic N) is 1. The van der Waals surface area contributed by atoms with E-state index >= 15 is 0 Å². The first-order chi connectivity index (χ1) is 11.2. The predicted molar refractivity (Wildman–Crippen MR) is 85.8 cm³/mol. The number of rotatable bonds is 5. The molecule has 6 nitrogen and oxygen atoms in total. The zero-order valence-corrected chi connectivity index (χ0v) is 13.2. The van der Waals surface area contributed by atoms with Crippen molar-refractivity contribution in [3.05, 3.63) is 41.7 Å². The van der Waals surface area contributed by atoms with E-state index < -0.39 is 0 Å². The molecule has 122 valence electrons. The third-order valence-corrected chi connectivity index (χ3v) is 3.90. The van der Waals surface area contributed by atoms with Gasteiger partial charge in [0.15, 0.2) is 5.76 Å². The fraction of sp³-hybridized carbons (Fsp3) is 0.412. The Morgan fingerprint density at radius 2 is 2.13 bits per heavy atom. The van der Waals surface area contributed by atoms with E-state index in [0.29, 0.717) is 24.8 Å². The number of benzene rings is 1. The van der Waals surface area contributed by atoms with Crippen LogP contribution in [-0.2, 0) is 11.3 Å². The Morgan fingerprint density at radius 3 is 2.87 bits per heavy atom. The monoisotopic (exact) mass is 315 g/mol. The SMILES string of the molecule is Cc1ccc(-c2cc(CNC(=O)NC[C@@H]3CCOC3)on2)cc1. The molecule has 0 spiro atoms. The Labute approximate surface area is 135 Å². The Kier molecular flexibility index (Phi) is 4.92. The van der Waals surface area contributed by atoms with Gasteiger partial charge in [0.05, 0.1) is 13.2 Å². The van der Waals surface area contributed by atoms with Crippen LogP contribution in [0.5, 0.6) is 0 Å². The summed E-state index contributed by atoms with van der Waals surface area (Å²) < 4.78 is 10.5. The third-order valence-electron chi connectivity index (χ3n) is 3.90. The summed E-state index contributed by atoms with van der Waals surface area (Å²) in [6, 6.07) is 9.70. The molecule has 0 aliphatic carbocycles. The van der Waals surface area contributed by atoms with Crippen LogP contribution in [0.25, 0.3) is 11.3 Å². The molecule has 3 rings (SSSR count). The minimum atomic E-state index is -0.204. The molecule has 0 bridgehead atoms. The summed E-state index contributed by atoms with van der Waals surface area (Å²) in [5.41, 5.74) is 2.96. The van der Waals surface area contributed by atoms with Gasteiger partial charge in [-0.15, -0.1) is 0 Å². The van der Waals surface area contributed by atoms with Gasteiger partial charge in [-0.2, -0.15) is 0 Å². The number of ether oxygens (including phenoxy) is 1. The van der Waals surface area contributed by atoms with Crippen molar-refractivity contribution in [3.8, 4) is 11.3 Å². The highest BCUT2D eigenvalue weighted by atomic mass is 16.5. The van der Waals surface area contributed by atoms with E-state index in [1.54, 1.807) is 0 Å². The number of nitrogens with one attached hydrogen (secondary N) is 2. The van der Waals surface area contributed by atoms with Crippen molar-refractivity contribution in [1.29, 1.82) is 0 Å². The van der Waals surface area contributed by atoms with Gasteiger partial charge in [-0.05, 0) is 13.3 Å². The number of hydrogen-bond donors (Lipinski definition) is 2. The number of carbonyl (C=O) groups is 1. The lowest BCUT2D eigenvalue weighted by Gasteiger charge is -2.09. The zero-order valence-electron chi connectivity index (χ0n) is 13.2. The largest absolute Gasteiger partial charge is 0.381 e. The summed E-state index contributed by atoms with van der Waals surface area (Å²) in [6.07, 6.45) is 1.00. The molecule has 1 aliphatic rings. The van der Waals surface area contributed by atoms with Crippen molar-refractivity contribution < 1.29 is 14.1 Å². The summed E-state index contributed by atoms with van der Waals surface area (Å²) in [5, 5.41) is 9.66. The smallest absolute Gasteiger partial charge is 0.315 e. The first kappa shape index (κ1) is 15.6. The molecule has 2 aromatic rings. The van der Waals surface area contributed by atoms with E-state index in [1.165, 1.54) is 5.56 Å². The fourth-order valence-electron chi connectivity index (χ4n) is 2.47. The van der Waals surface area contributed by atoms with Crippen LogP contribution in [0.4, 0.5) is 4.79 Å². The summed E-state index contributed by atoms with van der Waals surface area (Å²) >= 11 is 0. The molecule has 1 aromatic carbocycles. The molecule has 1 aromatic heterocycles. The molecular weight excluding hydrogens is 294 g/mol. The standard InChI is InChI=1S/C17H21N3O3/c1-12-2-4-14(5-3-12)16-8-15(23-20-16)10-19-17(21)18-9-13-6-7-22-11-13/h2-5,8,13H,6-7,9-11H2,1H3,(H2,18,19,21)/t13-/m0/s1. The number of aryl methyl sites for hydroxylation is 1. The molecule has 1 saturated heterocycles. The van der Waals surface area contributed by atoms with Crippen molar-refractivity contribution in [2.75, 3.05) is 19.8 Å². The van der Waals surface area contributed by atoms with E-state index in [-0.39, 0.29) is 6.03 Å². The van der Waals surface area contributed by atoms with Gasteiger partial charge in [0, 0.05) is 30.7 Å². The second-order valence-electron chi connectivity index (χ2n) is 5.84. The van der Waals surface area contributed by atoms with Crippen molar-refractivity contribution in [2.24, 2.45) is 5.92 Å². The molecule has 0 unspecified atom stereocenters. The van der Waals surface area contributed by atoms with Crippen molar-refractivity contribution >= 4 is 6.03 Å². The quantitative estimate of drug-likeness (QED) is 0.889. The first-order valence-electron chi connectivity index (χ1n) is 7.83. The topological polar surface area (TPSA) is 76.4 Å². The molecule has 0 radical (unpaired) electrons. The highest BCUT2D eigenvalue weighted by Crippen LogP contribution is 2.19. The van der Waals surface area contributed by atoms with Gasteiger partial charge in [-0.3, -0.25) is 0 Å². The number of carbonyl (C=O) groups excluding carboxylic acids is 1. The zero-order chi connectivity index (χ0) is 16.1. The molecule has 2 amide bonds. The van der Waals surface area contributed by atoms with Crippen LogP contribution in [0.1, 0.15) is 17.7 Å². The van der Waals surface area contributed by atoms with Gasteiger partial charge in [0.1, 0.15) is 5.69 Å². The van der Waals surface area contributed by atoms with Crippen molar-refractivity contribution in [2.45, 2.75) is 19.9 Å². The van der Waals surface area contributed by atoms with Gasteiger partial charge in [0.2, 0.25) is 0 Å². The van der Waals surface area contributed by atoms with Crippen molar-refractivity contribution in [3.63, 3.8) is 0 Å². The summed E-state index contributed by atoms with van der Waals surface area (Å²) in [6.45, 7) is 4.50. The molecule has 1 fully saturated rings. The van der Waals surface area contributed by atoms with Crippen LogP contribution in [0.2, 0.25) is 0 Å². The number of urea groups is 1. The summed E-state index contributed by atoms with van der Waals surface area (Å²) in [5.74, 6) is 1.04. The molecule has 1 aliphatic heterocycles. The summed E-state index contributed by atoms with van der Waals surface area (Å²) in [7, 11) is 0. The minimum absolute atomic E-state index is 0.204. The van der Waals surface area contributed by atoms with Crippen LogP contribution >= 0.6 is 0 Å². The van der Waals surface area contributed by atoms with Gasteiger partial charge >= 0.3 is 6.03 Å². The average molecular weight is 315 g/mol. The lowest BCUT2D eigenvalue weighted by molar-refractivity contribution is 0.185. The molecule has 0 saturated carbocycles. The lowest BCUT2D eigenvalue weighted by atomic mass is 10.1. The second-order valence-corrected chi connectivity index (χ2v) is 5.84. The van der Waals surface area contributed by atoms with E-state index in [1.807, 2.05) is 37.3 Å². The van der Waals surface area contributed by atoms with Gasteiger partial charge in [-0.1, -0.05) is 35.0 Å². The number of hydrogen-bond acceptors (Lipinski definition) is 4. The first-order valence-corrected chi connectivity index (χ1v) is 7.83. The molecule has 2 N–H and O–H groups in total. The Morgan fingerprint density at radius 1 is 1.30 bits per heavy atom. The van der Waals surface area contributed by atoms with Crippen LogP contribution < -0.4 is 10.6 Å². The maximum Gasteiger partial charge on any atom is 0.315 e. The molecule has 1 atom stereocenters. The normalized spacial score (nSPS) is 17.2. The average Bonchev–Trinajstić information content (AvgIpc) is 3.23. The number of amides is 2. The highest BCUT2D eigenvalue weighted by molar-refractivity contribution is 5.73. The predicted octanol–water partition coefficient (Wildman–Crippen LogP) is 2.49. The van der Waals surface area contributed by atoms with Gasteiger partial charge in [-0.25, -0.2) is 4.79 Å². The highest BCUT2D eigenvalue weighted by Gasteiger charge is 2.16. The van der Waals surface area contributed by atoms with Crippen LogP contribution in [0, 0.1) is 12.8 Å². The Hall–Kier alpha value is -2.34. The van der Waals surface area contributed by atoms with Crippen LogP contribution in [0.15, 0.2) is 34.9 Å². The lowest BCUT2D eigenvalue weighted by Crippen LogP contribution is -2.37.